The van der Waals surface area contributed by atoms with Gasteiger partial charge in [-0.25, -0.2) is 0 Å². The van der Waals surface area contributed by atoms with E-state index >= 15 is 0 Å². The minimum absolute atomic E-state index is 0.649. The first-order chi connectivity index (χ1) is 11.0. The Labute approximate surface area is 142 Å². The number of hydrogen-bond acceptors (Lipinski definition) is 1. The highest BCUT2D eigenvalue weighted by atomic mass is 14.7. The highest BCUT2D eigenvalue weighted by Gasteiger charge is 2.29. The molecule has 0 aromatic carbocycles. The fourth-order valence-corrected chi connectivity index (χ4v) is 3.86. The fourth-order valence-electron chi connectivity index (χ4n) is 3.86. The van der Waals surface area contributed by atoms with Gasteiger partial charge in [-0.3, -0.25) is 4.98 Å². The first-order valence-corrected chi connectivity index (χ1v) is 8.93. The van der Waals surface area contributed by atoms with Gasteiger partial charge in [0.2, 0.25) is 0 Å². The zero-order valence-electron chi connectivity index (χ0n) is 15.1. The molecule has 0 aliphatic heterocycles. The molecule has 0 radical (unpaired) electrons. The van der Waals surface area contributed by atoms with E-state index in [1.165, 1.54) is 29.6 Å². The Morgan fingerprint density at radius 3 is 2.61 bits per heavy atom. The number of aromatic nitrogens is 1. The van der Waals surface area contributed by atoms with Crippen LogP contribution >= 0.6 is 0 Å². The van der Waals surface area contributed by atoms with Gasteiger partial charge in [-0.2, -0.15) is 0 Å². The third kappa shape index (κ3) is 5.20. The fraction of sp³-hybridized carbons (Fsp3) is 0.500. The lowest BCUT2D eigenvalue weighted by atomic mass is 9.85. The molecular formula is C22H31N. The Morgan fingerprint density at radius 1 is 1.26 bits per heavy atom. The molecule has 0 saturated heterocycles. The van der Waals surface area contributed by atoms with Crippen molar-refractivity contribution in [2.45, 2.75) is 59.3 Å². The average molecular weight is 309 g/mol. The lowest BCUT2D eigenvalue weighted by molar-refractivity contribution is 0.418. The second-order valence-corrected chi connectivity index (χ2v) is 7.07. The number of allylic oxidation sites excluding steroid dienone is 4. The number of aryl methyl sites for hydroxylation is 2. The zero-order valence-corrected chi connectivity index (χ0v) is 15.1. The lowest BCUT2D eigenvalue weighted by Gasteiger charge is -2.20. The van der Waals surface area contributed by atoms with Gasteiger partial charge in [0.05, 0.1) is 0 Å². The average Bonchev–Trinajstić information content (AvgIpc) is 2.79. The van der Waals surface area contributed by atoms with Crippen LogP contribution in [0.25, 0.3) is 0 Å². The standard InChI is InChI=1S/C22H31N/c1-6-7-8-9-22-17(3)10-11-21(22)13-16(2)12-20-14-18(4)23-19(5)15-20/h7-8,14-15,21-22H,2-3,6,9-13H2,1,4-5H3/b8-7-/t21-,22+/m1/s1. The van der Waals surface area contributed by atoms with Crippen molar-refractivity contribution in [3.05, 3.63) is 65.5 Å². The maximum Gasteiger partial charge on any atom is 0.0378 e. The van der Waals surface area contributed by atoms with E-state index in [4.69, 9.17) is 0 Å². The Bertz CT molecular complexity index is 574. The third-order valence-corrected chi connectivity index (χ3v) is 4.87. The molecule has 1 saturated carbocycles. The van der Waals surface area contributed by atoms with E-state index in [1.54, 1.807) is 0 Å². The van der Waals surface area contributed by atoms with Crippen LogP contribution in [0.15, 0.2) is 48.6 Å². The van der Waals surface area contributed by atoms with Crippen LogP contribution in [-0.2, 0) is 6.42 Å². The van der Waals surface area contributed by atoms with Gasteiger partial charge in [0.1, 0.15) is 0 Å². The summed E-state index contributed by atoms with van der Waals surface area (Å²) in [6, 6.07) is 4.38. The SMILES string of the molecule is C=C(Cc1cc(C)nc(C)c1)C[C@H]1CCC(=C)[C@@H]1C/C=C\CC. The highest BCUT2D eigenvalue weighted by molar-refractivity contribution is 5.25. The van der Waals surface area contributed by atoms with Crippen molar-refractivity contribution in [2.24, 2.45) is 11.8 Å². The van der Waals surface area contributed by atoms with Gasteiger partial charge >= 0.3 is 0 Å². The van der Waals surface area contributed by atoms with Crippen LogP contribution < -0.4 is 0 Å². The molecule has 0 spiro atoms. The van der Waals surface area contributed by atoms with Gasteiger partial charge in [-0.05, 0) is 81.9 Å². The van der Waals surface area contributed by atoms with Gasteiger partial charge in [0.25, 0.3) is 0 Å². The quantitative estimate of drug-likeness (QED) is 0.552. The molecule has 0 bridgehead atoms. The molecule has 0 unspecified atom stereocenters. The normalized spacial score (nSPS) is 21.3. The summed E-state index contributed by atoms with van der Waals surface area (Å²) in [6.07, 6.45) is 11.5. The van der Waals surface area contributed by atoms with Crippen molar-refractivity contribution in [2.75, 3.05) is 0 Å². The second kappa shape index (κ2) is 8.29. The van der Waals surface area contributed by atoms with Crippen molar-refractivity contribution >= 4 is 0 Å². The zero-order chi connectivity index (χ0) is 16.8. The van der Waals surface area contributed by atoms with Gasteiger partial charge < -0.3 is 0 Å². The van der Waals surface area contributed by atoms with Crippen LogP contribution in [0.2, 0.25) is 0 Å². The third-order valence-electron chi connectivity index (χ3n) is 4.87. The predicted molar refractivity (Wildman–Crippen MR) is 101 cm³/mol. The number of nitrogens with zero attached hydrogens (tertiary/aromatic N) is 1. The molecular weight excluding hydrogens is 278 g/mol. The summed E-state index contributed by atoms with van der Waals surface area (Å²) in [5.74, 6) is 1.37. The van der Waals surface area contributed by atoms with Crippen LogP contribution in [0.5, 0.6) is 0 Å². The van der Waals surface area contributed by atoms with Gasteiger partial charge in [-0.1, -0.05) is 43.4 Å². The van der Waals surface area contributed by atoms with Gasteiger partial charge in [0.15, 0.2) is 0 Å². The molecule has 0 N–H and O–H groups in total. The summed E-state index contributed by atoms with van der Waals surface area (Å²) < 4.78 is 0. The second-order valence-electron chi connectivity index (χ2n) is 7.07. The summed E-state index contributed by atoms with van der Waals surface area (Å²) in [5.41, 5.74) is 6.34. The van der Waals surface area contributed by atoms with E-state index in [2.05, 4.69) is 63.2 Å². The van der Waals surface area contributed by atoms with Gasteiger partial charge in [0, 0.05) is 11.4 Å². The van der Waals surface area contributed by atoms with Crippen molar-refractivity contribution in [1.29, 1.82) is 0 Å². The monoisotopic (exact) mass is 309 g/mol. The molecule has 23 heavy (non-hydrogen) atoms. The molecule has 0 amide bonds. The van der Waals surface area contributed by atoms with Crippen molar-refractivity contribution in [3.8, 4) is 0 Å². The van der Waals surface area contributed by atoms with Crippen molar-refractivity contribution in [1.82, 2.24) is 4.98 Å². The Hall–Kier alpha value is -1.63. The Kier molecular flexibility index (Phi) is 6.38. The topological polar surface area (TPSA) is 12.9 Å². The molecule has 1 fully saturated rings. The first-order valence-electron chi connectivity index (χ1n) is 8.93. The first kappa shape index (κ1) is 17.7. The van der Waals surface area contributed by atoms with Crippen LogP contribution in [0, 0.1) is 25.7 Å². The maximum absolute atomic E-state index is 4.46. The van der Waals surface area contributed by atoms with Crippen LogP contribution in [0.4, 0.5) is 0 Å². The maximum atomic E-state index is 4.46. The van der Waals surface area contributed by atoms with Crippen LogP contribution in [-0.4, -0.2) is 4.98 Å². The minimum atomic E-state index is 0.649. The largest absolute Gasteiger partial charge is 0.258 e. The Morgan fingerprint density at radius 2 is 1.96 bits per heavy atom. The highest BCUT2D eigenvalue weighted by Crippen LogP contribution is 2.41. The van der Waals surface area contributed by atoms with E-state index in [9.17, 15) is 0 Å². The van der Waals surface area contributed by atoms with E-state index in [0.29, 0.717) is 5.92 Å². The summed E-state index contributed by atoms with van der Waals surface area (Å²) in [7, 11) is 0. The minimum Gasteiger partial charge on any atom is -0.258 e. The summed E-state index contributed by atoms with van der Waals surface area (Å²) in [4.78, 5) is 4.46. The molecule has 2 atom stereocenters. The molecule has 2 rings (SSSR count). The number of pyridine rings is 1. The number of hydrogen-bond donors (Lipinski definition) is 0. The van der Waals surface area contributed by atoms with Gasteiger partial charge in [-0.15, -0.1) is 0 Å². The molecule has 1 nitrogen and oxygen atoms in total. The Balaban J connectivity index is 1.95. The van der Waals surface area contributed by atoms with E-state index in [0.717, 1.165) is 43.0 Å². The lowest BCUT2D eigenvalue weighted by Crippen LogP contribution is -2.10. The van der Waals surface area contributed by atoms with Crippen LogP contribution in [0.3, 0.4) is 0 Å². The smallest absolute Gasteiger partial charge is 0.0378 e. The van der Waals surface area contributed by atoms with E-state index in [1.807, 2.05) is 0 Å². The molecule has 1 aliphatic rings. The number of rotatable bonds is 7. The van der Waals surface area contributed by atoms with E-state index < -0.39 is 0 Å². The predicted octanol–water partition coefficient (Wildman–Crippen LogP) is 6.13. The molecule has 1 aromatic heterocycles. The molecule has 124 valence electrons. The molecule has 1 aliphatic carbocycles. The van der Waals surface area contributed by atoms with E-state index in [-0.39, 0.29) is 0 Å². The summed E-state index contributed by atoms with van der Waals surface area (Å²) in [6.45, 7) is 15.0. The summed E-state index contributed by atoms with van der Waals surface area (Å²) in [5, 5.41) is 0. The molecule has 1 aromatic rings. The summed E-state index contributed by atoms with van der Waals surface area (Å²) >= 11 is 0. The molecule has 1 heteroatoms. The van der Waals surface area contributed by atoms with Crippen molar-refractivity contribution in [3.63, 3.8) is 0 Å². The molecule has 1 heterocycles. The van der Waals surface area contributed by atoms with Crippen LogP contribution in [0.1, 0.15) is 56.0 Å². The van der Waals surface area contributed by atoms with Crippen molar-refractivity contribution < 1.29 is 0 Å².